The number of aryl methyl sites for hydroxylation is 1. The molecule has 1 aromatic carbocycles. The first kappa shape index (κ1) is 33.0. The Kier molecular flexibility index (Phi) is 8.73. The molecule has 4 aliphatic rings. The Morgan fingerprint density at radius 1 is 1.04 bits per heavy atom. The first-order valence-electron chi connectivity index (χ1n) is 17.4. The molecule has 2 amide bonds. The number of amides is 2. The minimum atomic E-state index is -0.239. The van der Waals surface area contributed by atoms with Crippen molar-refractivity contribution in [2.45, 2.75) is 39.0 Å². The molecule has 4 aromatic rings. The number of pyridine rings is 2. The van der Waals surface area contributed by atoms with Gasteiger partial charge in [-0.25, -0.2) is 9.98 Å². The number of fused-ring (bicyclic) bond motifs is 3. The summed E-state index contributed by atoms with van der Waals surface area (Å²) < 4.78 is 5.57. The molecule has 8 rings (SSSR count). The number of anilines is 3. The van der Waals surface area contributed by atoms with Crippen LogP contribution in [0.1, 0.15) is 67.2 Å². The molecule has 11 nitrogen and oxygen atoms in total. The molecule has 2 fully saturated rings. The number of Topliss-reactive ketones (excluding diaryl/α,β-unsaturated/α-hetero) is 1. The summed E-state index contributed by atoms with van der Waals surface area (Å²) in [7, 11) is 0. The zero-order chi connectivity index (χ0) is 35.1. The molecule has 12 heteroatoms. The normalized spacial score (nSPS) is 18.0. The monoisotopic (exact) mass is 701 g/mol. The molecule has 0 unspecified atom stereocenters. The molecule has 0 bridgehead atoms. The standard InChI is InChI=1S/C39H39N7O4S/c1-24-19-29(36(42-21-24)45-22-39(23-45)12-17-50-18-13-39)37(48)44-28-9-7-26(8-10-28)38(49)46-16-11-27-20-31(33(47)35-41-15-3-5-25(2)43-35)51-34(27)32-30(46)6-4-14-40-32/h4,6-10,14,19-21H,2-3,5,11-13,15-18,22-23H2,1H3,(H,41,43)(H,44,48). The van der Waals surface area contributed by atoms with E-state index < -0.39 is 0 Å². The van der Waals surface area contributed by atoms with Crippen LogP contribution in [0.25, 0.3) is 10.6 Å². The van der Waals surface area contributed by atoms with Gasteiger partial charge in [0.1, 0.15) is 11.5 Å². The van der Waals surface area contributed by atoms with E-state index in [2.05, 4.69) is 37.1 Å². The van der Waals surface area contributed by atoms with Crippen LogP contribution in [0.15, 0.2) is 78.2 Å². The largest absolute Gasteiger partial charge is 0.381 e. The Hall–Kier alpha value is -5.20. The SMILES string of the molecule is C=C1CCCNC(C(=O)c2cc3c(s2)-c2ncccc2N(C(=O)c2ccc(NC(=O)c4cc(C)cnc4N4CC5(CCOCC5)C4)cc2)CC3)=N1. The summed E-state index contributed by atoms with van der Waals surface area (Å²) in [6.45, 7) is 10.3. The second kappa shape index (κ2) is 13.5. The Bertz CT molecular complexity index is 2070. The maximum Gasteiger partial charge on any atom is 0.259 e. The van der Waals surface area contributed by atoms with Gasteiger partial charge in [-0.3, -0.25) is 19.4 Å². The van der Waals surface area contributed by atoms with Crippen LogP contribution in [-0.2, 0) is 11.2 Å². The number of nitrogens with zero attached hydrogens (tertiary/aromatic N) is 5. The quantitative estimate of drug-likeness (QED) is 0.232. The highest BCUT2D eigenvalue weighted by Gasteiger charge is 2.45. The van der Waals surface area contributed by atoms with Crippen LogP contribution in [0, 0.1) is 12.3 Å². The number of hydrogen-bond donors (Lipinski definition) is 2. The van der Waals surface area contributed by atoms with Crippen LogP contribution in [0.2, 0.25) is 0 Å². The lowest BCUT2D eigenvalue weighted by atomic mass is 9.73. The van der Waals surface area contributed by atoms with Crippen molar-refractivity contribution in [1.29, 1.82) is 0 Å². The lowest BCUT2D eigenvalue weighted by Gasteiger charge is -2.53. The Morgan fingerprint density at radius 2 is 1.84 bits per heavy atom. The van der Waals surface area contributed by atoms with Gasteiger partial charge in [0.25, 0.3) is 11.8 Å². The van der Waals surface area contributed by atoms with E-state index in [9.17, 15) is 14.4 Å². The fraction of sp³-hybridized carbons (Fsp3) is 0.333. The molecule has 1 spiro atoms. The van der Waals surface area contributed by atoms with E-state index in [1.807, 2.05) is 31.2 Å². The second-order valence-electron chi connectivity index (χ2n) is 13.8. The van der Waals surface area contributed by atoms with Gasteiger partial charge in [-0.2, -0.15) is 0 Å². The van der Waals surface area contributed by atoms with Gasteiger partial charge < -0.3 is 25.2 Å². The van der Waals surface area contributed by atoms with Crippen LogP contribution < -0.4 is 20.4 Å². The summed E-state index contributed by atoms with van der Waals surface area (Å²) in [5, 5.41) is 6.17. The summed E-state index contributed by atoms with van der Waals surface area (Å²) in [6, 6.07) is 14.5. The number of thiophene rings is 1. The van der Waals surface area contributed by atoms with Crippen molar-refractivity contribution in [2.24, 2.45) is 10.4 Å². The maximum atomic E-state index is 14.0. The van der Waals surface area contributed by atoms with Crippen molar-refractivity contribution in [2.75, 3.05) is 54.5 Å². The third-order valence-corrected chi connectivity index (χ3v) is 11.3. The van der Waals surface area contributed by atoms with Crippen molar-refractivity contribution in [3.8, 4) is 10.6 Å². The molecule has 51 heavy (non-hydrogen) atoms. The van der Waals surface area contributed by atoms with Crippen LogP contribution in [0.4, 0.5) is 17.2 Å². The number of nitrogens with one attached hydrogen (secondary N) is 2. The molecule has 260 valence electrons. The molecule has 0 radical (unpaired) electrons. The smallest absolute Gasteiger partial charge is 0.259 e. The number of rotatable bonds is 6. The van der Waals surface area contributed by atoms with E-state index in [-0.39, 0.29) is 23.0 Å². The van der Waals surface area contributed by atoms with Crippen molar-refractivity contribution in [3.63, 3.8) is 0 Å². The molecule has 0 atom stereocenters. The lowest BCUT2D eigenvalue weighted by molar-refractivity contribution is -0.000511. The second-order valence-corrected chi connectivity index (χ2v) is 14.9. The fourth-order valence-corrected chi connectivity index (χ4v) is 8.50. The highest BCUT2D eigenvalue weighted by atomic mass is 32.1. The fourth-order valence-electron chi connectivity index (χ4n) is 7.35. The van der Waals surface area contributed by atoms with Crippen molar-refractivity contribution in [3.05, 3.63) is 100 Å². The predicted octanol–water partition coefficient (Wildman–Crippen LogP) is 6.06. The average molecular weight is 702 g/mol. The van der Waals surface area contributed by atoms with Gasteiger partial charge in [0.05, 0.1) is 21.0 Å². The van der Waals surface area contributed by atoms with E-state index in [0.717, 1.165) is 68.0 Å². The summed E-state index contributed by atoms with van der Waals surface area (Å²) in [6.07, 6.45) is 7.76. The molecule has 7 heterocycles. The van der Waals surface area contributed by atoms with E-state index in [1.165, 1.54) is 11.3 Å². The predicted molar refractivity (Wildman–Crippen MR) is 199 cm³/mol. The third kappa shape index (κ3) is 6.45. The Balaban J connectivity index is 0.982. The lowest BCUT2D eigenvalue weighted by Crippen LogP contribution is -2.59. The molecule has 2 N–H and O–H groups in total. The number of hydrogen-bond acceptors (Lipinski definition) is 10. The number of carbonyl (C=O) groups is 3. The summed E-state index contributed by atoms with van der Waals surface area (Å²) in [4.78, 5) is 60.2. The molecule has 2 saturated heterocycles. The summed E-state index contributed by atoms with van der Waals surface area (Å²) in [5.41, 5.74) is 5.78. The summed E-state index contributed by atoms with van der Waals surface area (Å²) in [5.74, 6) is 0.446. The van der Waals surface area contributed by atoms with Crippen molar-refractivity contribution in [1.82, 2.24) is 15.3 Å². The Morgan fingerprint density at radius 3 is 2.65 bits per heavy atom. The minimum absolute atomic E-state index is 0.160. The van der Waals surface area contributed by atoms with Crippen LogP contribution in [0.5, 0.6) is 0 Å². The number of ketones is 1. The molecule has 0 saturated carbocycles. The van der Waals surface area contributed by atoms with E-state index >= 15 is 0 Å². The van der Waals surface area contributed by atoms with Crippen LogP contribution >= 0.6 is 11.3 Å². The van der Waals surface area contributed by atoms with Crippen LogP contribution in [0.3, 0.4) is 0 Å². The van der Waals surface area contributed by atoms with Gasteiger partial charge in [-0.05, 0) is 98.7 Å². The zero-order valence-corrected chi connectivity index (χ0v) is 29.4. The minimum Gasteiger partial charge on any atom is -0.381 e. The number of allylic oxidation sites excluding steroid dienone is 1. The maximum absolute atomic E-state index is 14.0. The average Bonchev–Trinajstić information content (AvgIpc) is 3.34. The highest BCUT2D eigenvalue weighted by molar-refractivity contribution is 7.18. The first-order valence-corrected chi connectivity index (χ1v) is 18.2. The first-order chi connectivity index (χ1) is 24.8. The topological polar surface area (TPSA) is 129 Å². The van der Waals surface area contributed by atoms with Gasteiger partial charge in [0.2, 0.25) is 5.78 Å². The van der Waals surface area contributed by atoms with E-state index in [1.54, 1.807) is 41.6 Å². The summed E-state index contributed by atoms with van der Waals surface area (Å²) >= 11 is 1.38. The molecular formula is C39H39N7O4S. The highest BCUT2D eigenvalue weighted by Crippen LogP contribution is 2.43. The van der Waals surface area contributed by atoms with Gasteiger partial charge in [-0.15, -0.1) is 11.3 Å². The van der Waals surface area contributed by atoms with Gasteiger partial charge >= 0.3 is 0 Å². The molecule has 0 aliphatic carbocycles. The van der Waals surface area contributed by atoms with Gasteiger partial charge in [0.15, 0.2) is 5.84 Å². The number of ether oxygens (including phenoxy) is 1. The molecule has 3 aromatic heterocycles. The number of amidine groups is 1. The number of benzene rings is 1. The number of carbonyl (C=O) groups excluding carboxylic acids is 3. The molecule has 4 aliphatic heterocycles. The number of aliphatic imine (C=N–C) groups is 1. The third-order valence-electron chi connectivity index (χ3n) is 10.1. The van der Waals surface area contributed by atoms with E-state index in [0.29, 0.717) is 69.9 Å². The Labute approximate surface area is 300 Å². The van der Waals surface area contributed by atoms with Crippen LogP contribution in [-0.4, -0.2) is 72.8 Å². The zero-order valence-electron chi connectivity index (χ0n) is 28.5. The number of aromatic nitrogens is 2. The van der Waals surface area contributed by atoms with Gasteiger partial charge in [0, 0.05) is 74.1 Å². The van der Waals surface area contributed by atoms with E-state index in [4.69, 9.17) is 4.74 Å². The van der Waals surface area contributed by atoms with Crippen molar-refractivity contribution < 1.29 is 19.1 Å². The molecular weight excluding hydrogens is 663 g/mol. The van der Waals surface area contributed by atoms with Gasteiger partial charge in [-0.1, -0.05) is 6.58 Å². The van der Waals surface area contributed by atoms with Crippen molar-refractivity contribution >= 4 is 52.0 Å².